The molecule has 0 spiro atoms. The Morgan fingerprint density at radius 3 is 0.861 bits per heavy atom. The van der Waals surface area contributed by atoms with Crippen LogP contribution in [0.4, 0.5) is 17.1 Å². The molecule has 3 saturated heterocycles. The number of hydrogen-bond donors (Lipinski definition) is 0. The molecule has 0 N–H and O–H groups in total. The van der Waals surface area contributed by atoms with E-state index in [1.165, 1.54) is 33.8 Å². The van der Waals surface area contributed by atoms with E-state index < -0.39 is 33.3 Å². The molecule has 3 fully saturated rings. The topological polar surface area (TPSA) is 9.72 Å². The predicted octanol–water partition coefficient (Wildman–Crippen LogP) is 8.09. The normalized spacial score (nSPS) is 25.8. The van der Waals surface area contributed by atoms with Gasteiger partial charge in [-0.2, -0.15) is 0 Å². The van der Waals surface area contributed by atoms with Gasteiger partial charge in [-0.15, -0.1) is 0 Å². The van der Waals surface area contributed by atoms with E-state index in [0.717, 1.165) is 4.79 Å². The van der Waals surface area contributed by atoms with E-state index >= 15 is 0 Å². The first-order valence-electron chi connectivity index (χ1n) is 13.3. The SMILES string of the molecule is Cc1ccc(N2[Si](C)(C)C3[Si](C)(C)N(c4ccc(C)cc4)[Si]2(C)N(c2ccc(C)cc2)[Si]3(C)C)cc1. The largest absolute Gasteiger partial charge is 0.393 e. The summed E-state index contributed by atoms with van der Waals surface area (Å²) in [5.74, 6) is 0. The lowest BCUT2D eigenvalue weighted by molar-refractivity contribution is 1.05. The van der Waals surface area contributed by atoms with Crippen LogP contribution >= 0.6 is 0 Å². The summed E-state index contributed by atoms with van der Waals surface area (Å²) in [5, 5.41) is 0. The van der Waals surface area contributed by atoms with Gasteiger partial charge >= 0.3 is 8.56 Å². The van der Waals surface area contributed by atoms with E-state index in [9.17, 15) is 0 Å². The fourth-order valence-electron chi connectivity index (χ4n) is 8.73. The lowest BCUT2D eigenvalue weighted by Crippen LogP contribution is -3.00. The van der Waals surface area contributed by atoms with Crippen molar-refractivity contribution >= 4 is 50.3 Å². The minimum atomic E-state index is -2.43. The van der Waals surface area contributed by atoms with Crippen molar-refractivity contribution in [3.63, 3.8) is 0 Å². The van der Waals surface area contributed by atoms with Gasteiger partial charge in [0.15, 0.2) is 0 Å². The first kappa shape index (κ1) is 25.6. The van der Waals surface area contributed by atoms with Crippen molar-refractivity contribution in [2.45, 2.75) is 71.4 Å². The fourth-order valence-corrected chi connectivity index (χ4v) is 56.8. The zero-order valence-electron chi connectivity index (χ0n) is 23.8. The summed E-state index contributed by atoms with van der Waals surface area (Å²) in [6.07, 6.45) is 0. The molecule has 36 heavy (non-hydrogen) atoms. The monoisotopic (exact) mass is 545 g/mol. The first-order valence-corrected chi connectivity index (χ1v) is 24.8. The second kappa shape index (κ2) is 8.21. The third-order valence-electron chi connectivity index (χ3n) is 9.00. The van der Waals surface area contributed by atoms with Gasteiger partial charge in [0.25, 0.3) is 0 Å². The third kappa shape index (κ3) is 3.46. The summed E-state index contributed by atoms with van der Waals surface area (Å²) < 4.78 is 9.13. The number of nitrogens with zero attached hydrogens (tertiary/aromatic N) is 3. The van der Waals surface area contributed by atoms with Crippen molar-refractivity contribution in [3.05, 3.63) is 89.5 Å². The Morgan fingerprint density at radius 2 is 0.639 bits per heavy atom. The van der Waals surface area contributed by atoms with Crippen LogP contribution in [0, 0.1) is 20.8 Å². The highest BCUT2D eigenvalue weighted by atomic mass is 28.5. The number of hydrogen-bond acceptors (Lipinski definition) is 3. The molecule has 0 saturated carbocycles. The number of anilines is 3. The molecular weight excluding hydrogens is 503 g/mol. The van der Waals surface area contributed by atoms with Crippen molar-refractivity contribution in [1.29, 1.82) is 0 Å². The standard InChI is InChI=1S/C29H43N3Si4/c1-23-11-17-26(18-12-23)30-33(4,5)29-34(6,7)31(27-19-13-24(2)14-20-27)36(30,10)32(35(29,8)9)28-21-15-25(3)16-22-28/h11-22,29H,1-10H3. The highest BCUT2D eigenvalue weighted by molar-refractivity contribution is 7.35. The highest BCUT2D eigenvalue weighted by Crippen LogP contribution is 2.60. The van der Waals surface area contributed by atoms with Crippen LogP contribution in [-0.4, -0.2) is 33.3 Å². The maximum atomic E-state index is 3.04. The maximum absolute atomic E-state index is 3.04. The predicted molar refractivity (Wildman–Crippen MR) is 169 cm³/mol. The zero-order chi connectivity index (χ0) is 26.3. The molecule has 0 unspecified atom stereocenters. The van der Waals surface area contributed by atoms with Crippen LogP contribution in [0.25, 0.3) is 0 Å². The van der Waals surface area contributed by atoms with Crippen LogP contribution in [0.1, 0.15) is 16.7 Å². The van der Waals surface area contributed by atoms with Crippen molar-refractivity contribution in [1.82, 2.24) is 0 Å². The highest BCUT2D eigenvalue weighted by Gasteiger charge is 2.77. The molecule has 0 amide bonds. The van der Waals surface area contributed by atoms with E-state index in [0.29, 0.717) is 0 Å². The fraction of sp³-hybridized carbons (Fsp3) is 0.379. The Labute approximate surface area is 223 Å². The molecule has 0 aromatic heterocycles. The van der Waals surface area contributed by atoms with Gasteiger partial charge in [0.2, 0.25) is 0 Å². The van der Waals surface area contributed by atoms with Gasteiger partial charge in [-0.1, -0.05) is 92.4 Å². The Kier molecular flexibility index (Phi) is 5.83. The average Bonchev–Trinajstić information content (AvgIpc) is 2.75. The summed E-state index contributed by atoms with van der Waals surface area (Å²) in [5.41, 5.74) is 8.30. The number of benzene rings is 3. The molecule has 3 nitrogen and oxygen atoms in total. The van der Waals surface area contributed by atoms with Crippen molar-refractivity contribution < 1.29 is 0 Å². The zero-order valence-corrected chi connectivity index (χ0v) is 27.8. The van der Waals surface area contributed by atoms with Crippen molar-refractivity contribution in [3.8, 4) is 0 Å². The smallest absolute Gasteiger partial charge is 0.352 e. The van der Waals surface area contributed by atoms with E-state index in [4.69, 9.17) is 0 Å². The van der Waals surface area contributed by atoms with Gasteiger partial charge in [0.05, 0.1) is 0 Å². The number of aryl methyl sites for hydroxylation is 3. The Balaban J connectivity index is 1.86. The number of fused-ring (bicyclic) bond motifs is 3. The summed E-state index contributed by atoms with van der Waals surface area (Å²) in [6, 6.07) is 28.4. The lowest BCUT2D eigenvalue weighted by atomic mass is 10.2. The molecule has 6 rings (SSSR count). The summed E-state index contributed by atoms with van der Waals surface area (Å²) in [6.45, 7) is 25.5. The maximum Gasteiger partial charge on any atom is 0.352 e. The summed E-state index contributed by atoms with van der Waals surface area (Å²) in [4.78, 5) is 0.774. The van der Waals surface area contributed by atoms with Gasteiger partial charge < -0.3 is 12.7 Å². The molecule has 2 bridgehead atoms. The quantitative estimate of drug-likeness (QED) is 0.308. The van der Waals surface area contributed by atoms with Gasteiger partial charge in [0.1, 0.15) is 24.7 Å². The lowest BCUT2D eigenvalue weighted by Gasteiger charge is -2.79. The van der Waals surface area contributed by atoms with Crippen LogP contribution in [0.5, 0.6) is 0 Å². The minimum Gasteiger partial charge on any atom is -0.393 e. The van der Waals surface area contributed by atoms with E-state index in [-0.39, 0.29) is 0 Å². The molecule has 0 atom stereocenters. The van der Waals surface area contributed by atoms with Crippen LogP contribution in [0.3, 0.4) is 0 Å². The van der Waals surface area contributed by atoms with Crippen molar-refractivity contribution in [2.24, 2.45) is 0 Å². The minimum absolute atomic E-state index is 0.774. The Hall–Kier alpha value is -2.07. The molecule has 3 aliphatic rings. The molecule has 3 aliphatic heterocycles. The van der Waals surface area contributed by atoms with E-state index in [1.54, 1.807) is 0 Å². The second-order valence-corrected chi connectivity index (χ2v) is 32.2. The van der Waals surface area contributed by atoms with Crippen molar-refractivity contribution in [2.75, 3.05) is 12.7 Å². The molecule has 190 valence electrons. The molecular formula is C29H43N3Si4. The van der Waals surface area contributed by atoms with Crippen LogP contribution in [0.2, 0.25) is 50.6 Å². The van der Waals surface area contributed by atoms with E-state index in [1.807, 2.05) is 0 Å². The molecule has 0 radical (unpaired) electrons. The molecule has 3 aromatic rings. The second-order valence-electron chi connectivity index (χ2n) is 12.9. The average molecular weight is 546 g/mol. The molecule has 3 aromatic carbocycles. The molecule has 3 heterocycles. The van der Waals surface area contributed by atoms with E-state index in [2.05, 4.69) is 152 Å². The third-order valence-corrected chi connectivity index (χ3v) is 42.5. The van der Waals surface area contributed by atoms with Gasteiger partial charge in [0, 0.05) is 17.1 Å². The van der Waals surface area contributed by atoms with Crippen LogP contribution in [0.15, 0.2) is 72.8 Å². The van der Waals surface area contributed by atoms with Gasteiger partial charge in [-0.05, 0) is 68.5 Å². The number of rotatable bonds is 3. The Bertz CT molecular complexity index is 1110. The summed E-state index contributed by atoms with van der Waals surface area (Å²) in [7, 11) is -7.94. The molecule has 7 heteroatoms. The Morgan fingerprint density at radius 1 is 0.417 bits per heavy atom. The van der Waals surface area contributed by atoms with Crippen LogP contribution in [-0.2, 0) is 0 Å². The first-order chi connectivity index (χ1) is 16.7. The van der Waals surface area contributed by atoms with Crippen LogP contribution < -0.4 is 12.7 Å². The van der Waals surface area contributed by atoms with Gasteiger partial charge in [-0.25, -0.2) is 0 Å². The molecule has 0 aliphatic carbocycles. The summed E-state index contributed by atoms with van der Waals surface area (Å²) >= 11 is 0. The van der Waals surface area contributed by atoms with Gasteiger partial charge in [-0.3, -0.25) is 0 Å².